The first-order valence-corrected chi connectivity index (χ1v) is 11.5. The number of aromatic nitrogens is 5. The molecule has 1 saturated carbocycles. The van der Waals surface area contributed by atoms with Crippen molar-refractivity contribution in [3.8, 4) is 23.0 Å². The molecule has 3 aromatic heterocycles. The quantitative estimate of drug-likeness (QED) is 0.335. The summed E-state index contributed by atoms with van der Waals surface area (Å²) in [5, 5.41) is 22.3. The Labute approximate surface area is 200 Å². The van der Waals surface area contributed by atoms with Gasteiger partial charge in [-0.3, -0.25) is 14.7 Å². The van der Waals surface area contributed by atoms with Gasteiger partial charge in [0, 0.05) is 18.0 Å². The van der Waals surface area contributed by atoms with Crippen LogP contribution >= 0.6 is 0 Å². The van der Waals surface area contributed by atoms with E-state index in [1.807, 2.05) is 6.92 Å². The molecule has 180 valence electrons. The van der Waals surface area contributed by atoms with Crippen molar-refractivity contribution >= 4 is 0 Å². The van der Waals surface area contributed by atoms with Gasteiger partial charge in [-0.25, -0.2) is 9.37 Å². The van der Waals surface area contributed by atoms with Gasteiger partial charge in [0.05, 0.1) is 24.2 Å². The Balaban J connectivity index is 1.40. The minimum Gasteiger partial charge on any atom is -0.492 e. The molecule has 1 atom stereocenters. The number of nitrogens with zero attached hydrogens (tertiary/aromatic N) is 4. The fraction of sp³-hybridized carbons (Fsp3) is 0.280. The number of rotatable bonds is 8. The Morgan fingerprint density at radius 1 is 1.17 bits per heavy atom. The van der Waals surface area contributed by atoms with Crippen molar-refractivity contribution in [3.63, 3.8) is 0 Å². The van der Waals surface area contributed by atoms with Crippen LogP contribution < -0.4 is 15.6 Å². The molecule has 4 aromatic rings. The van der Waals surface area contributed by atoms with E-state index in [1.54, 1.807) is 53.2 Å². The number of ether oxygens (including phenoxy) is 1. The molecular formula is C25H25FN6O3. The number of H-pyrrole nitrogens is 1. The van der Waals surface area contributed by atoms with E-state index in [2.05, 4.69) is 25.5 Å². The summed E-state index contributed by atoms with van der Waals surface area (Å²) in [5.41, 5.74) is 1.02. The number of halogens is 1. The highest BCUT2D eigenvalue weighted by atomic mass is 19.1. The van der Waals surface area contributed by atoms with Crippen molar-refractivity contribution in [1.29, 1.82) is 0 Å². The zero-order chi connectivity index (χ0) is 24.4. The summed E-state index contributed by atoms with van der Waals surface area (Å²) >= 11 is 0. The maximum Gasteiger partial charge on any atom is 0.248 e. The Morgan fingerprint density at radius 3 is 2.71 bits per heavy atom. The minimum absolute atomic E-state index is 0.00178. The number of aromatic amines is 1. The number of benzene rings is 1. The van der Waals surface area contributed by atoms with E-state index >= 15 is 0 Å². The average molecular weight is 477 g/mol. The molecule has 1 aliphatic carbocycles. The van der Waals surface area contributed by atoms with Crippen LogP contribution in [-0.2, 0) is 0 Å². The van der Waals surface area contributed by atoms with Crippen LogP contribution in [0.15, 0.2) is 65.6 Å². The standard InChI is InChI=1S/C25H25FN6O3/c1-2-35-17-10-11-19(27-14-17)24-31-30-23(32(24)21-8-4-3-6-18(21)26)15-12-16(13-15)28-25(34)20-7-5-9-22(33)29-20/h3-11,14-16,25,28,34H,2,12-13H2,1H3,(H,29,33)/t15-,16-,25?. The lowest BCUT2D eigenvalue weighted by molar-refractivity contribution is 0.0929. The molecule has 1 aliphatic rings. The van der Waals surface area contributed by atoms with Gasteiger partial charge in [-0.2, -0.15) is 0 Å². The molecule has 0 saturated heterocycles. The van der Waals surface area contributed by atoms with E-state index in [-0.39, 0.29) is 17.5 Å². The summed E-state index contributed by atoms with van der Waals surface area (Å²) in [6.45, 7) is 2.43. The summed E-state index contributed by atoms with van der Waals surface area (Å²) < 4.78 is 22.0. The Bertz CT molecular complexity index is 1360. The zero-order valence-corrected chi connectivity index (χ0v) is 19.1. The van der Waals surface area contributed by atoms with Crippen LogP contribution in [0.1, 0.15) is 43.4 Å². The molecule has 35 heavy (non-hydrogen) atoms. The van der Waals surface area contributed by atoms with E-state index in [0.29, 0.717) is 53.9 Å². The molecule has 3 heterocycles. The molecule has 0 aliphatic heterocycles. The van der Waals surface area contributed by atoms with Gasteiger partial charge in [0.25, 0.3) is 0 Å². The van der Waals surface area contributed by atoms with Gasteiger partial charge in [-0.1, -0.05) is 18.2 Å². The summed E-state index contributed by atoms with van der Waals surface area (Å²) in [5.74, 6) is 1.31. The van der Waals surface area contributed by atoms with E-state index < -0.39 is 12.0 Å². The number of aliphatic hydroxyl groups is 1. The fourth-order valence-electron chi connectivity index (χ4n) is 4.26. The maximum atomic E-state index is 14.9. The first kappa shape index (κ1) is 22.9. The van der Waals surface area contributed by atoms with Crippen molar-refractivity contribution in [2.45, 2.75) is 38.0 Å². The molecule has 3 N–H and O–H groups in total. The van der Waals surface area contributed by atoms with Crippen molar-refractivity contribution < 1.29 is 14.2 Å². The first-order valence-electron chi connectivity index (χ1n) is 11.5. The van der Waals surface area contributed by atoms with Crippen LogP contribution in [0.3, 0.4) is 0 Å². The predicted octanol–water partition coefficient (Wildman–Crippen LogP) is 3.08. The molecule has 10 heteroatoms. The smallest absolute Gasteiger partial charge is 0.248 e. The summed E-state index contributed by atoms with van der Waals surface area (Å²) in [7, 11) is 0. The normalized spacial score (nSPS) is 18.1. The SMILES string of the molecule is CCOc1ccc(-c2nnc([C@H]3C[C@H](NC(O)c4cccc(=O)[nH]4)C3)n2-c2ccccc2F)nc1. The molecule has 0 bridgehead atoms. The van der Waals surface area contributed by atoms with Crippen LogP contribution in [-0.4, -0.2) is 42.5 Å². The molecule has 1 unspecified atom stereocenters. The molecule has 0 amide bonds. The van der Waals surface area contributed by atoms with Crippen molar-refractivity contribution in [2.24, 2.45) is 0 Å². The lowest BCUT2D eigenvalue weighted by Crippen LogP contribution is -2.43. The summed E-state index contributed by atoms with van der Waals surface area (Å²) in [4.78, 5) is 18.6. The number of pyridine rings is 2. The average Bonchev–Trinajstić information content (AvgIpc) is 3.26. The van der Waals surface area contributed by atoms with Crippen molar-refractivity contribution in [2.75, 3.05) is 6.61 Å². The highest BCUT2D eigenvalue weighted by Crippen LogP contribution is 2.39. The fourth-order valence-corrected chi connectivity index (χ4v) is 4.26. The largest absolute Gasteiger partial charge is 0.492 e. The maximum absolute atomic E-state index is 14.9. The van der Waals surface area contributed by atoms with Crippen LogP contribution in [0, 0.1) is 5.82 Å². The van der Waals surface area contributed by atoms with Gasteiger partial charge in [-0.05, 0) is 50.1 Å². The molecule has 9 nitrogen and oxygen atoms in total. The molecule has 0 spiro atoms. The molecule has 5 rings (SSSR count). The second-order valence-corrected chi connectivity index (χ2v) is 8.39. The Kier molecular flexibility index (Phi) is 6.39. The van der Waals surface area contributed by atoms with Crippen LogP contribution in [0.5, 0.6) is 5.75 Å². The molecule has 1 fully saturated rings. The van der Waals surface area contributed by atoms with Gasteiger partial charge >= 0.3 is 0 Å². The Hall–Kier alpha value is -3.89. The predicted molar refractivity (Wildman–Crippen MR) is 127 cm³/mol. The van der Waals surface area contributed by atoms with Gasteiger partial charge < -0.3 is 14.8 Å². The second-order valence-electron chi connectivity index (χ2n) is 8.39. The number of aliphatic hydroxyl groups excluding tert-OH is 1. The zero-order valence-electron chi connectivity index (χ0n) is 19.1. The lowest BCUT2D eigenvalue weighted by Gasteiger charge is -2.36. The number of hydrogen-bond acceptors (Lipinski definition) is 7. The number of hydrogen-bond donors (Lipinski definition) is 3. The van der Waals surface area contributed by atoms with E-state index in [9.17, 15) is 14.3 Å². The van der Waals surface area contributed by atoms with Crippen LogP contribution in [0.2, 0.25) is 0 Å². The van der Waals surface area contributed by atoms with Crippen LogP contribution in [0.25, 0.3) is 17.2 Å². The van der Waals surface area contributed by atoms with Crippen molar-refractivity contribution in [1.82, 2.24) is 30.0 Å². The monoisotopic (exact) mass is 476 g/mol. The van der Waals surface area contributed by atoms with E-state index in [0.717, 1.165) is 0 Å². The highest BCUT2D eigenvalue weighted by molar-refractivity contribution is 5.55. The topological polar surface area (TPSA) is 118 Å². The van der Waals surface area contributed by atoms with Crippen LogP contribution in [0.4, 0.5) is 4.39 Å². The highest BCUT2D eigenvalue weighted by Gasteiger charge is 2.36. The van der Waals surface area contributed by atoms with E-state index in [4.69, 9.17) is 4.74 Å². The third-order valence-electron chi connectivity index (χ3n) is 6.04. The molecule has 0 radical (unpaired) electrons. The second kappa shape index (κ2) is 9.77. The lowest BCUT2D eigenvalue weighted by atomic mass is 9.79. The molecular weight excluding hydrogens is 451 g/mol. The molecule has 1 aromatic carbocycles. The summed E-state index contributed by atoms with van der Waals surface area (Å²) in [6.07, 6.45) is 1.94. The third kappa shape index (κ3) is 4.71. The van der Waals surface area contributed by atoms with Gasteiger partial charge in [0.15, 0.2) is 5.82 Å². The van der Waals surface area contributed by atoms with Gasteiger partial charge in [0.2, 0.25) is 5.56 Å². The van der Waals surface area contributed by atoms with Crippen molar-refractivity contribution in [3.05, 3.63) is 88.5 Å². The number of para-hydroxylation sites is 1. The van der Waals surface area contributed by atoms with Gasteiger partial charge in [0.1, 0.15) is 29.3 Å². The van der Waals surface area contributed by atoms with E-state index in [1.165, 1.54) is 12.1 Å². The number of nitrogens with one attached hydrogen (secondary N) is 2. The van der Waals surface area contributed by atoms with Gasteiger partial charge in [-0.15, -0.1) is 10.2 Å². The minimum atomic E-state index is -0.997. The summed E-state index contributed by atoms with van der Waals surface area (Å²) in [6, 6.07) is 14.7. The first-order chi connectivity index (χ1) is 17.0. The Morgan fingerprint density at radius 2 is 2.00 bits per heavy atom. The third-order valence-corrected chi connectivity index (χ3v) is 6.04.